The second kappa shape index (κ2) is 5.13. The van der Waals surface area contributed by atoms with Crippen LogP contribution in [0.1, 0.15) is 17.9 Å². The summed E-state index contributed by atoms with van der Waals surface area (Å²) in [7, 11) is -3.95. The summed E-state index contributed by atoms with van der Waals surface area (Å²) in [4.78, 5) is -0.469. The van der Waals surface area contributed by atoms with Gasteiger partial charge >= 0.3 is 0 Å². The third kappa shape index (κ3) is 2.77. The van der Waals surface area contributed by atoms with Crippen LogP contribution >= 0.6 is 0 Å². The molecule has 0 saturated heterocycles. The number of anilines is 1. The Morgan fingerprint density at radius 3 is 2.48 bits per heavy atom. The molecule has 0 aliphatic heterocycles. The molecule has 2 aromatic rings. The monoisotopic (exact) mass is 306 g/mol. The zero-order chi connectivity index (χ0) is 15.0. The molecule has 4 nitrogen and oxygen atoms in total. The number of nitrogen functional groups attached to an aromatic ring is 1. The molecular weight excluding hydrogens is 291 g/mol. The third-order valence-electron chi connectivity index (χ3n) is 3.59. The normalized spacial score (nSPS) is 21.2. The van der Waals surface area contributed by atoms with Gasteiger partial charge in [0.2, 0.25) is 10.0 Å². The third-order valence-corrected chi connectivity index (χ3v) is 5.17. The van der Waals surface area contributed by atoms with Crippen molar-refractivity contribution >= 4 is 15.7 Å². The summed E-state index contributed by atoms with van der Waals surface area (Å²) in [5.41, 5.74) is 6.58. The molecule has 0 heterocycles. The van der Waals surface area contributed by atoms with E-state index in [0.29, 0.717) is 6.42 Å². The average molecular weight is 306 g/mol. The minimum absolute atomic E-state index is 0.0839. The first-order valence-corrected chi connectivity index (χ1v) is 8.08. The van der Waals surface area contributed by atoms with Crippen LogP contribution in [0.15, 0.2) is 53.4 Å². The van der Waals surface area contributed by atoms with E-state index in [1.165, 1.54) is 12.1 Å². The van der Waals surface area contributed by atoms with Gasteiger partial charge in [0, 0.05) is 12.0 Å². The molecule has 3 N–H and O–H groups in total. The highest BCUT2D eigenvalue weighted by Gasteiger charge is 2.42. The Kier molecular flexibility index (Phi) is 3.43. The number of nitrogens with two attached hydrogens (primary N) is 1. The van der Waals surface area contributed by atoms with Crippen LogP contribution in [0.3, 0.4) is 0 Å². The van der Waals surface area contributed by atoms with Gasteiger partial charge in [-0.3, -0.25) is 0 Å². The molecule has 0 radical (unpaired) electrons. The Balaban J connectivity index is 1.80. The molecule has 0 bridgehead atoms. The lowest BCUT2D eigenvalue weighted by molar-refractivity contribution is 0.557. The van der Waals surface area contributed by atoms with Crippen LogP contribution in [0, 0.1) is 5.82 Å². The van der Waals surface area contributed by atoms with Gasteiger partial charge in [-0.1, -0.05) is 36.4 Å². The van der Waals surface area contributed by atoms with E-state index in [-0.39, 0.29) is 17.6 Å². The van der Waals surface area contributed by atoms with Crippen LogP contribution in [0.25, 0.3) is 0 Å². The zero-order valence-corrected chi connectivity index (χ0v) is 12.0. The predicted molar refractivity (Wildman–Crippen MR) is 78.7 cm³/mol. The zero-order valence-electron chi connectivity index (χ0n) is 11.2. The molecule has 0 spiro atoms. The standard InChI is InChI=1S/C15H15FN2O2S/c16-12-7-4-8-13(17)15(12)21(19,20)18-14-9-11(14)10-5-2-1-3-6-10/h1-8,11,14,18H,9,17H2. The van der Waals surface area contributed by atoms with E-state index in [2.05, 4.69) is 4.72 Å². The van der Waals surface area contributed by atoms with Crippen molar-refractivity contribution in [1.82, 2.24) is 4.72 Å². The van der Waals surface area contributed by atoms with Crippen molar-refractivity contribution in [2.45, 2.75) is 23.3 Å². The van der Waals surface area contributed by atoms with Gasteiger partial charge in [-0.25, -0.2) is 17.5 Å². The fourth-order valence-corrected chi connectivity index (χ4v) is 3.94. The topological polar surface area (TPSA) is 72.2 Å². The van der Waals surface area contributed by atoms with Gasteiger partial charge in [-0.05, 0) is 24.1 Å². The van der Waals surface area contributed by atoms with Gasteiger partial charge in [0.1, 0.15) is 10.7 Å². The van der Waals surface area contributed by atoms with E-state index in [9.17, 15) is 12.8 Å². The molecule has 1 fully saturated rings. The summed E-state index contributed by atoms with van der Waals surface area (Å²) >= 11 is 0. The molecule has 2 unspecified atom stereocenters. The van der Waals surface area contributed by atoms with Gasteiger partial charge in [0.15, 0.2) is 0 Å². The summed E-state index contributed by atoms with van der Waals surface area (Å²) < 4.78 is 40.8. The van der Waals surface area contributed by atoms with Gasteiger partial charge < -0.3 is 5.73 Å². The van der Waals surface area contributed by atoms with E-state index in [0.717, 1.165) is 11.6 Å². The minimum Gasteiger partial charge on any atom is -0.398 e. The molecular formula is C15H15FN2O2S. The number of sulfonamides is 1. The molecule has 2 atom stereocenters. The highest BCUT2D eigenvalue weighted by molar-refractivity contribution is 7.89. The molecule has 3 rings (SSSR count). The Bertz CT molecular complexity index is 742. The fourth-order valence-electron chi connectivity index (χ4n) is 2.46. The largest absolute Gasteiger partial charge is 0.398 e. The van der Waals surface area contributed by atoms with Crippen molar-refractivity contribution in [2.24, 2.45) is 0 Å². The van der Waals surface area contributed by atoms with Crippen molar-refractivity contribution in [3.63, 3.8) is 0 Å². The summed E-state index contributed by atoms with van der Waals surface area (Å²) in [5.74, 6) is -0.701. The second-order valence-corrected chi connectivity index (χ2v) is 6.79. The Morgan fingerprint density at radius 2 is 1.81 bits per heavy atom. The lowest BCUT2D eigenvalue weighted by Crippen LogP contribution is -2.28. The number of nitrogens with one attached hydrogen (secondary N) is 1. The highest BCUT2D eigenvalue weighted by atomic mass is 32.2. The van der Waals surface area contributed by atoms with E-state index in [1.54, 1.807) is 0 Å². The van der Waals surface area contributed by atoms with Crippen molar-refractivity contribution in [3.8, 4) is 0 Å². The maximum Gasteiger partial charge on any atom is 0.245 e. The number of rotatable bonds is 4. The van der Waals surface area contributed by atoms with Gasteiger partial charge in [-0.15, -0.1) is 0 Å². The van der Waals surface area contributed by atoms with Crippen molar-refractivity contribution < 1.29 is 12.8 Å². The first-order valence-electron chi connectivity index (χ1n) is 6.60. The van der Waals surface area contributed by atoms with Crippen LogP contribution in [0.5, 0.6) is 0 Å². The first kappa shape index (κ1) is 14.0. The lowest BCUT2D eigenvalue weighted by Gasteiger charge is -2.09. The SMILES string of the molecule is Nc1cccc(F)c1S(=O)(=O)NC1CC1c1ccccc1. The smallest absolute Gasteiger partial charge is 0.245 e. The highest BCUT2D eigenvalue weighted by Crippen LogP contribution is 2.41. The number of halogens is 1. The predicted octanol–water partition coefficient (Wildman–Crippen LogP) is 2.24. The lowest BCUT2D eigenvalue weighted by atomic mass is 10.1. The molecule has 0 aromatic heterocycles. The minimum atomic E-state index is -3.95. The summed E-state index contributed by atoms with van der Waals surface area (Å²) in [6.07, 6.45) is 0.706. The number of hydrogen-bond donors (Lipinski definition) is 2. The fraction of sp³-hybridized carbons (Fsp3) is 0.200. The molecule has 1 saturated carbocycles. The summed E-state index contributed by atoms with van der Waals surface area (Å²) in [5, 5.41) is 0. The molecule has 21 heavy (non-hydrogen) atoms. The van der Waals surface area contributed by atoms with Gasteiger partial charge in [-0.2, -0.15) is 0 Å². The molecule has 6 heteroatoms. The van der Waals surface area contributed by atoms with E-state index in [4.69, 9.17) is 5.73 Å². The molecule has 1 aliphatic rings. The maximum absolute atomic E-state index is 13.7. The maximum atomic E-state index is 13.7. The first-order chi connectivity index (χ1) is 9.99. The van der Waals surface area contributed by atoms with Gasteiger partial charge in [0.05, 0.1) is 5.69 Å². The molecule has 110 valence electrons. The summed E-state index contributed by atoms with van der Waals surface area (Å²) in [6, 6.07) is 13.3. The van der Waals surface area contributed by atoms with E-state index < -0.39 is 20.7 Å². The number of hydrogen-bond acceptors (Lipinski definition) is 3. The second-order valence-electron chi connectivity index (χ2n) is 5.14. The van der Waals surface area contributed by atoms with Crippen molar-refractivity contribution in [3.05, 3.63) is 59.9 Å². The Hall–Kier alpha value is -1.92. The quantitative estimate of drug-likeness (QED) is 0.851. The van der Waals surface area contributed by atoms with Crippen molar-refractivity contribution in [1.29, 1.82) is 0 Å². The summed E-state index contributed by atoms with van der Waals surface area (Å²) in [6.45, 7) is 0. The Morgan fingerprint density at radius 1 is 1.10 bits per heavy atom. The molecule has 2 aromatic carbocycles. The van der Waals surface area contributed by atoms with Crippen LogP contribution in [0.4, 0.5) is 10.1 Å². The van der Waals surface area contributed by atoms with Gasteiger partial charge in [0.25, 0.3) is 0 Å². The van der Waals surface area contributed by atoms with Crippen LogP contribution in [-0.4, -0.2) is 14.5 Å². The molecule has 0 amide bonds. The van der Waals surface area contributed by atoms with Crippen LogP contribution < -0.4 is 10.5 Å². The molecule has 1 aliphatic carbocycles. The van der Waals surface area contributed by atoms with E-state index in [1.807, 2.05) is 30.3 Å². The number of benzene rings is 2. The van der Waals surface area contributed by atoms with Crippen LogP contribution in [0.2, 0.25) is 0 Å². The van der Waals surface area contributed by atoms with Crippen molar-refractivity contribution in [2.75, 3.05) is 5.73 Å². The average Bonchev–Trinajstić information content (AvgIpc) is 3.17. The Labute approximate surface area is 122 Å². The van der Waals surface area contributed by atoms with Crippen LogP contribution in [-0.2, 0) is 10.0 Å². The van der Waals surface area contributed by atoms with E-state index >= 15 is 0 Å².